The summed E-state index contributed by atoms with van der Waals surface area (Å²) in [5, 5.41) is 11.8. The Morgan fingerprint density at radius 1 is 1.35 bits per heavy atom. The quantitative estimate of drug-likeness (QED) is 0.833. The van der Waals surface area contributed by atoms with Gasteiger partial charge in [0.05, 0.1) is 25.0 Å². The lowest BCUT2D eigenvalue weighted by molar-refractivity contribution is -0.140. The predicted molar refractivity (Wildman–Crippen MR) is 73.4 cm³/mol. The number of benzene rings is 1. The highest BCUT2D eigenvalue weighted by Gasteiger charge is 2.48. The van der Waals surface area contributed by atoms with Crippen molar-refractivity contribution in [3.63, 3.8) is 0 Å². The van der Waals surface area contributed by atoms with Gasteiger partial charge in [-0.1, -0.05) is 19.1 Å². The standard InChI is InChI=1S/C15H19NO4/c1-3-13(9-4-6-10(20-2)7-5-9)16-14(17)11-8-12(11)15(18)19/h4-7,11-13H,3,8H2,1-2H3,(H,16,17)(H,18,19). The molecule has 0 spiro atoms. The molecule has 1 aliphatic rings. The second-order valence-corrected chi connectivity index (χ2v) is 5.03. The second-order valence-electron chi connectivity index (χ2n) is 5.03. The van der Waals surface area contributed by atoms with E-state index in [1.54, 1.807) is 7.11 Å². The first-order chi connectivity index (χ1) is 9.56. The third-order valence-corrected chi connectivity index (χ3v) is 3.69. The van der Waals surface area contributed by atoms with E-state index in [4.69, 9.17) is 9.84 Å². The number of ether oxygens (including phenoxy) is 1. The smallest absolute Gasteiger partial charge is 0.307 e. The van der Waals surface area contributed by atoms with E-state index >= 15 is 0 Å². The zero-order chi connectivity index (χ0) is 14.7. The van der Waals surface area contributed by atoms with Crippen molar-refractivity contribution in [2.75, 3.05) is 7.11 Å². The molecule has 5 heteroatoms. The Morgan fingerprint density at radius 3 is 2.45 bits per heavy atom. The van der Waals surface area contributed by atoms with Gasteiger partial charge in [0.15, 0.2) is 0 Å². The van der Waals surface area contributed by atoms with E-state index in [0.29, 0.717) is 6.42 Å². The second kappa shape index (κ2) is 5.94. The summed E-state index contributed by atoms with van der Waals surface area (Å²) in [4.78, 5) is 22.8. The van der Waals surface area contributed by atoms with Gasteiger partial charge in [0.2, 0.25) is 5.91 Å². The van der Waals surface area contributed by atoms with E-state index in [0.717, 1.165) is 17.7 Å². The van der Waals surface area contributed by atoms with Crippen LogP contribution in [0, 0.1) is 11.8 Å². The molecule has 108 valence electrons. The van der Waals surface area contributed by atoms with Crippen LogP contribution in [-0.4, -0.2) is 24.1 Å². The normalized spacial score (nSPS) is 21.9. The fraction of sp³-hybridized carbons (Fsp3) is 0.467. The molecule has 0 aromatic heterocycles. The zero-order valence-electron chi connectivity index (χ0n) is 11.6. The molecular weight excluding hydrogens is 258 g/mol. The summed E-state index contributed by atoms with van der Waals surface area (Å²) in [6, 6.07) is 7.43. The monoisotopic (exact) mass is 277 g/mol. The van der Waals surface area contributed by atoms with Gasteiger partial charge in [-0.2, -0.15) is 0 Å². The number of aliphatic carboxylic acids is 1. The highest BCUT2D eigenvalue weighted by Crippen LogP contribution is 2.39. The van der Waals surface area contributed by atoms with Crippen molar-refractivity contribution in [3.05, 3.63) is 29.8 Å². The summed E-state index contributed by atoms with van der Waals surface area (Å²) in [6.45, 7) is 1.98. The Hall–Kier alpha value is -2.04. The van der Waals surface area contributed by atoms with Gasteiger partial charge in [0.25, 0.3) is 0 Å². The maximum Gasteiger partial charge on any atom is 0.307 e. The maximum atomic E-state index is 12.0. The van der Waals surface area contributed by atoms with E-state index in [9.17, 15) is 9.59 Å². The summed E-state index contributed by atoms with van der Waals surface area (Å²) < 4.78 is 5.10. The first-order valence-electron chi connectivity index (χ1n) is 6.74. The van der Waals surface area contributed by atoms with Crippen LogP contribution in [0.5, 0.6) is 5.75 Å². The molecule has 3 atom stereocenters. The minimum Gasteiger partial charge on any atom is -0.497 e. The number of hydrogen-bond acceptors (Lipinski definition) is 3. The van der Waals surface area contributed by atoms with Gasteiger partial charge in [-0.15, -0.1) is 0 Å². The van der Waals surface area contributed by atoms with Gasteiger partial charge in [-0.25, -0.2) is 0 Å². The van der Waals surface area contributed by atoms with Crippen LogP contribution in [0.25, 0.3) is 0 Å². The summed E-state index contributed by atoms with van der Waals surface area (Å²) >= 11 is 0. The van der Waals surface area contributed by atoms with Crippen LogP contribution in [0.2, 0.25) is 0 Å². The van der Waals surface area contributed by atoms with Crippen molar-refractivity contribution in [1.29, 1.82) is 0 Å². The minimum atomic E-state index is -0.886. The van der Waals surface area contributed by atoms with Gasteiger partial charge in [-0.05, 0) is 30.5 Å². The van der Waals surface area contributed by atoms with E-state index < -0.39 is 11.9 Å². The van der Waals surface area contributed by atoms with Gasteiger partial charge in [-0.3, -0.25) is 9.59 Å². The number of carbonyl (C=O) groups is 2. The molecule has 1 saturated carbocycles. The molecule has 0 bridgehead atoms. The first-order valence-corrected chi connectivity index (χ1v) is 6.74. The van der Waals surface area contributed by atoms with Gasteiger partial charge in [0.1, 0.15) is 5.75 Å². The molecule has 3 unspecified atom stereocenters. The van der Waals surface area contributed by atoms with E-state index in [1.165, 1.54) is 0 Å². The predicted octanol–water partition coefficient (Wildman–Crippen LogP) is 1.98. The largest absolute Gasteiger partial charge is 0.497 e. The average molecular weight is 277 g/mol. The van der Waals surface area contributed by atoms with Crippen LogP contribution in [0.3, 0.4) is 0 Å². The SMILES string of the molecule is CCC(NC(=O)C1CC1C(=O)O)c1ccc(OC)cc1. The number of rotatable bonds is 6. The first kappa shape index (κ1) is 14.4. The van der Waals surface area contributed by atoms with Crippen LogP contribution in [-0.2, 0) is 9.59 Å². The molecule has 0 saturated heterocycles. The molecular formula is C15H19NO4. The maximum absolute atomic E-state index is 12.0. The Labute approximate surface area is 117 Å². The summed E-state index contributed by atoms with van der Waals surface area (Å²) in [5.74, 6) is -1.17. The number of carboxylic acid groups (broad SMARTS) is 1. The fourth-order valence-corrected chi connectivity index (χ4v) is 2.29. The van der Waals surface area contributed by atoms with Gasteiger partial charge < -0.3 is 15.2 Å². The summed E-state index contributed by atoms with van der Waals surface area (Å²) in [5.41, 5.74) is 0.995. The highest BCUT2D eigenvalue weighted by molar-refractivity contribution is 5.89. The van der Waals surface area contributed by atoms with E-state index in [2.05, 4.69) is 5.32 Å². The van der Waals surface area contributed by atoms with Gasteiger partial charge in [0, 0.05) is 0 Å². The van der Waals surface area contributed by atoms with Crippen molar-refractivity contribution in [2.45, 2.75) is 25.8 Å². The lowest BCUT2D eigenvalue weighted by Gasteiger charge is -2.17. The highest BCUT2D eigenvalue weighted by atomic mass is 16.5. The number of carbonyl (C=O) groups excluding carboxylic acids is 1. The number of methoxy groups -OCH3 is 1. The molecule has 2 rings (SSSR count). The van der Waals surface area contributed by atoms with Crippen molar-refractivity contribution in [2.24, 2.45) is 11.8 Å². The molecule has 1 amide bonds. The van der Waals surface area contributed by atoms with Crippen LogP contribution in [0.4, 0.5) is 0 Å². The summed E-state index contributed by atoms with van der Waals surface area (Å²) in [7, 11) is 1.60. The fourth-order valence-electron chi connectivity index (χ4n) is 2.29. The minimum absolute atomic E-state index is 0.0940. The van der Waals surface area contributed by atoms with Crippen LogP contribution < -0.4 is 10.1 Å². The third-order valence-electron chi connectivity index (χ3n) is 3.69. The van der Waals surface area contributed by atoms with Crippen molar-refractivity contribution in [1.82, 2.24) is 5.32 Å². The Bertz CT molecular complexity index is 497. The molecule has 2 N–H and O–H groups in total. The van der Waals surface area contributed by atoms with Crippen molar-refractivity contribution >= 4 is 11.9 Å². The number of amides is 1. The molecule has 20 heavy (non-hydrogen) atoms. The molecule has 1 fully saturated rings. The molecule has 0 heterocycles. The Kier molecular flexibility index (Phi) is 4.27. The number of hydrogen-bond donors (Lipinski definition) is 2. The van der Waals surface area contributed by atoms with Crippen molar-refractivity contribution in [3.8, 4) is 5.75 Å². The molecule has 5 nitrogen and oxygen atoms in total. The van der Waals surface area contributed by atoms with Crippen molar-refractivity contribution < 1.29 is 19.4 Å². The topological polar surface area (TPSA) is 75.6 Å². The third kappa shape index (κ3) is 3.10. The number of carboxylic acids is 1. The Morgan fingerprint density at radius 2 is 2.00 bits per heavy atom. The summed E-state index contributed by atoms with van der Waals surface area (Å²) in [6.07, 6.45) is 1.20. The zero-order valence-corrected chi connectivity index (χ0v) is 11.6. The van der Waals surface area contributed by atoms with Crippen LogP contribution >= 0.6 is 0 Å². The van der Waals surface area contributed by atoms with Crippen LogP contribution in [0.15, 0.2) is 24.3 Å². The Balaban J connectivity index is 1.98. The molecule has 1 aromatic carbocycles. The average Bonchev–Trinajstić information content (AvgIpc) is 3.25. The molecule has 1 aromatic rings. The lowest BCUT2D eigenvalue weighted by atomic mass is 10.0. The van der Waals surface area contributed by atoms with Gasteiger partial charge >= 0.3 is 5.97 Å². The molecule has 0 aliphatic heterocycles. The molecule has 0 radical (unpaired) electrons. The number of nitrogens with one attached hydrogen (secondary N) is 1. The van der Waals surface area contributed by atoms with E-state index in [-0.39, 0.29) is 17.9 Å². The van der Waals surface area contributed by atoms with Crippen LogP contribution in [0.1, 0.15) is 31.4 Å². The van der Waals surface area contributed by atoms with E-state index in [1.807, 2.05) is 31.2 Å². The molecule has 1 aliphatic carbocycles. The lowest BCUT2D eigenvalue weighted by Crippen LogP contribution is -2.30.